The molecule has 1 amide bonds. The van der Waals surface area contributed by atoms with E-state index in [1.165, 1.54) is 6.26 Å². The van der Waals surface area contributed by atoms with Crippen LogP contribution in [0.2, 0.25) is 0 Å². The molecule has 4 aromatic rings. The van der Waals surface area contributed by atoms with E-state index in [9.17, 15) is 9.59 Å². The first-order chi connectivity index (χ1) is 16.0. The van der Waals surface area contributed by atoms with Gasteiger partial charge in [-0.1, -0.05) is 17.7 Å². The molecule has 0 aliphatic rings. The molecule has 168 valence electrons. The molecule has 7 nitrogen and oxygen atoms in total. The standard InChI is InChI=1S/C26H23NO6/c1-3-30-19-10-6-18(7-11-19)27-25(28)16-31-21-12-13-22-23(14-21)32-15-24(26(22)29)33-20-8-4-17(2)5-9-20/h4-15H,3,16H2,1-2H3,(H,27,28). The Kier molecular flexibility index (Phi) is 6.59. The van der Waals surface area contributed by atoms with E-state index in [0.29, 0.717) is 34.8 Å². The molecule has 0 bridgehead atoms. The summed E-state index contributed by atoms with van der Waals surface area (Å²) in [5, 5.41) is 3.10. The van der Waals surface area contributed by atoms with E-state index >= 15 is 0 Å². The highest BCUT2D eigenvalue weighted by Crippen LogP contribution is 2.24. The first-order valence-corrected chi connectivity index (χ1v) is 10.5. The quantitative estimate of drug-likeness (QED) is 0.396. The third-order valence-electron chi connectivity index (χ3n) is 4.78. The number of ether oxygens (including phenoxy) is 3. The fraction of sp³-hybridized carbons (Fsp3) is 0.154. The van der Waals surface area contributed by atoms with Crippen LogP contribution >= 0.6 is 0 Å². The molecule has 33 heavy (non-hydrogen) atoms. The van der Waals surface area contributed by atoms with Gasteiger partial charge in [-0.05, 0) is 62.4 Å². The van der Waals surface area contributed by atoms with E-state index in [2.05, 4.69) is 5.32 Å². The predicted molar refractivity (Wildman–Crippen MR) is 125 cm³/mol. The van der Waals surface area contributed by atoms with Crippen molar-refractivity contribution >= 4 is 22.6 Å². The second-order valence-corrected chi connectivity index (χ2v) is 7.30. The van der Waals surface area contributed by atoms with Crippen molar-refractivity contribution < 1.29 is 23.4 Å². The molecular weight excluding hydrogens is 422 g/mol. The number of fused-ring (bicyclic) bond motifs is 1. The van der Waals surface area contributed by atoms with Crippen LogP contribution in [-0.2, 0) is 4.79 Å². The highest BCUT2D eigenvalue weighted by Gasteiger charge is 2.11. The van der Waals surface area contributed by atoms with Crippen LogP contribution in [0.5, 0.6) is 23.0 Å². The minimum absolute atomic E-state index is 0.0924. The third kappa shape index (κ3) is 5.51. The van der Waals surface area contributed by atoms with E-state index in [0.717, 1.165) is 11.3 Å². The zero-order valence-electron chi connectivity index (χ0n) is 18.3. The van der Waals surface area contributed by atoms with E-state index in [1.807, 2.05) is 26.0 Å². The minimum Gasteiger partial charge on any atom is -0.494 e. The number of aryl methyl sites for hydroxylation is 1. The molecule has 0 aliphatic carbocycles. The molecule has 1 N–H and O–H groups in total. The van der Waals surface area contributed by atoms with Crippen molar-refractivity contribution in [3.05, 3.63) is 88.8 Å². The van der Waals surface area contributed by atoms with E-state index in [-0.39, 0.29) is 23.7 Å². The Morgan fingerprint density at radius 3 is 2.33 bits per heavy atom. The molecule has 0 aliphatic heterocycles. The number of nitrogens with one attached hydrogen (secondary N) is 1. The summed E-state index contributed by atoms with van der Waals surface area (Å²) in [5.74, 6) is 1.46. The lowest BCUT2D eigenvalue weighted by Gasteiger charge is -2.09. The molecule has 1 heterocycles. The van der Waals surface area contributed by atoms with Gasteiger partial charge in [0.15, 0.2) is 6.61 Å². The summed E-state index contributed by atoms with van der Waals surface area (Å²) in [6.45, 7) is 4.25. The zero-order valence-corrected chi connectivity index (χ0v) is 18.3. The Morgan fingerprint density at radius 1 is 0.909 bits per heavy atom. The van der Waals surface area contributed by atoms with E-state index < -0.39 is 0 Å². The largest absolute Gasteiger partial charge is 0.494 e. The van der Waals surface area contributed by atoms with Gasteiger partial charge >= 0.3 is 0 Å². The van der Waals surface area contributed by atoms with E-state index in [4.69, 9.17) is 18.6 Å². The van der Waals surface area contributed by atoms with Gasteiger partial charge in [0.05, 0.1) is 12.0 Å². The lowest BCUT2D eigenvalue weighted by molar-refractivity contribution is -0.118. The second-order valence-electron chi connectivity index (χ2n) is 7.30. The maximum absolute atomic E-state index is 12.7. The van der Waals surface area contributed by atoms with Crippen LogP contribution in [0.15, 0.2) is 82.2 Å². The Balaban J connectivity index is 1.40. The van der Waals surface area contributed by atoms with Gasteiger partial charge in [-0.2, -0.15) is 0 Å². The number of amides is 1. The Hall–Kier alpha value is -4.26. The van der Waals surface area contributed by atoms with Gasteiger partial charge in [0.2, 0.25) is 11.2 Å². The van der Waals surface area contributed by atoms with Gasteiger partial charge in [0.25, 0.3) is 5.91 Å². The highest BCUT2D eigenvalue weighted by molar-refractivity contribution is 5.92. The fourth-order valence-corrected chi connectivity index (χ4v) is 3.13. The molecular formula is C26H23NO6. The topological polar surface area (TPSA) is 87.0 Å². The number of hydrogen-bond donors (Lipinski definition) is 1. The fourth-order valence-electron chi connectivity index (χ4n) is 3.13. The molecule has 0 radical (unpaired) electrons. The van der Waals surface area contributed by atoms with Crippen molar-refractivity contribution in [3.8, 4) is 23.0 Å². The lowest BCUT2D eigenvalue weighted by atomic mass is 10.2. The van der Waals surface area contributed by atoms with Crippen molar-refractivity contribution in [2.24, 2.45) is 0 Å². The molecule has 7 heteroatoms. The van der Waals surface area contributed by atoms with E-state index in [1.54, 1.807) is 54.6 Å². The maximum atomic E-state index is 12.7. The van der Waals surface area contributed by atoms with Crippen LogP contribution < -0.4 is 25.0 Å². The Bertz CT molecular complexity index is 1310. The monoisotopic (exact) mass is 445 g/mol. The molecule has 0 saturated heterocycles. The first kappa shape index (κ1) is 22.0. The van der Waals surface area contributed by atoms with Gasteiger partial charge in [0, 0.05) is 11.8 Å². The van der Waals surface area contributed by atoms with Crippen LogP contribution in [0.3, 0.4) is 0 Å². The molecule has 0 fully saturated rings. The third-order valence-corrected chi connectivity index (χ3v) is 4.78. The smallest absolute Gasteiger partial charge is 0.262 e. The molecule has 3 aromatic carbocycles. The highest BCUT2D eigenvalue weighted by atomic mass is 16.5. The first-order valence-electron chi connectivity index (χ1n) is 10.5. The number of hydrogen-bond acceptors (Lipinski definition) is 6. The molecule has 0 unspecified atom stereocenters. The van der Waals surface area contributed by atoms with Crippen molar-refractivity contribution in [2.75, 3.05) is 18.5 Å². The summed E-state index contributed by atoms with van der Waals surface area (Å²) in [4.78, 5) is 24.9. The SMILES string of the molecule is CCOc1ccc(NC(=O)COc2ccc3c(=O)c(Oc4ccc(C)cc4)coc3c2)cc1. The number of rotatable bonds is 8. The van der Waals surface area contributed by atoms with Gasteiger partial charge in [-0.3, -0.25) is 9.59 Å². The second kappa shape index (κ2) is 9.91. The van der Waals surface area contributed by atoms with Crippen molar-refractivity contribution in [3.63, 3.8) is 0 Å². The van der Waals surface area contributed by atoms with Gasteiger partial charge in [-0.15, -0.1) is 0 Å². The minimum atomic E-state index is -0.317. The molecule has 0 spiro atoms. The van der Waals surface area contributed by atoms with Crippen LogP contribution in [0, 0.1) is 6.92 Å². The summed E-state index contributed by atoms with van der Waals surface area (Å²) >= 11 is 0. The summed E-state index contributed by atoms with van der Waals surface area (Å²) in [5.41, 5.74) is 1.77. The van der Waals surface area contributed by atoms with Gasteiger partial charge in [-0.25, -0.2) is 0 Å². The van der Waals surface area contributed by atoms with Crippen LogP contribution in [0.1, 0.15) is 12.5 Å². The number of carbonyl (C=O) groups is 1. The van der Waals surface area contributed by atoms with Crippen molar-refractivity contribution in [1.82, 2.24) is 0 Å². The zero-order chi connectivity index (χ0) is 23.2. The summed E-state index contributed by atoms with van der Waals surface area (Å²) in [7, 11) is 0. The van der Waals surface area contributed by atoms with Crippen LogP contribution in [0.4, 0.5) is 5.69 Å². The van der Waals surface area contributed by atoms with Crippen molar-refractivity contribution in [2.45, 2.75) is 13.8 Å². The molecule has 0 atom stereocenters. The van der Waals surface area contributed by atoms with Gasteiger partial charge < -0.3 is 23.9 Å². The number of benzene rings is 3. The van der Waals surface area contributed by atoms with Crippen LogP contribution in [0.25, 0.3) is 11.0 Å². The summed E-state index contributed by atoms with van der Waals surface area (Å²) in [6, 6.07) is 19.2. The normalized spacial score (nSPS) is 10.6. The lowest BCUT2D eigenvalue weighted by Crippen LogP contribution is -2.20. The average molecular weight is 445 g/mol. The summed E-state index contributed by atoms with van der Waals surface area (Å²) in [6.07, 6.45) is 1.27. The van der Waals surface area contributed by atoms with Crippen molar-refractivity contribution in [1.29, 1.82) is 0 Å². The Labute approximate surface area is 190 Å². The molecule has 1 aromatic heterocycles. The van der Waals surface area contributed by atoms with Crippen LogP contribution in [-0.4, -0.2) is 19.1 Å². The maximum Gasteiger partial charge on any atom is 0.262 e. The number of anilines is 1. The van der Waals surface area contributed by atoms with Gasteiger partial charge in [0.1, 0.15) is 29.1 Å². The Morgan fingerprint density at radius 2 is 1.61 bits per heavy atom. The predicted octanol–water partition coefficient (Wildman–Crippen LogP) is 5.31. The molecule has 4 rings (SSSR count). The molecule has 0 saturated carbocycles. The average Bonchev–Trinajstić information content (AvgIpc) is 2.82. The summed E-state index contributed by atoms with van der Waals surface area (Å²) < 4.78 is 22.2. The number of carbonyl (C=O) groups excluding carboxylic acids is 1.